The van der Waals surface area contributed by atoms with E-state index in [1.165, 1.54) is 6.07 Å². The van der Waals surface area contributed by atoms with Gasteiger partial charge in [0.05, 0.1) is 13.5 Å². The van der Waals surface area contributed by atoms with E-state index in [-0.39, 0.29) is 35.1 Å². The van der Waals surface area contributed by atoms with Crippen molar-refractivity contribution in [3.8, 4) is 0 Å². The van der Waals surface area contributed by atoms with Gasteiger partial charge in [-0.1, -0.05) is 15.9 Å². The van der Waals surface area contributed by atoms with Gasteiger partial charge in [0.1, 0.15) is 0 Å². The second-order valence-corrected chi connectivity index (χ2v) is 5.40. The third-order valence-corrected chi connectivity index (χ3v) is 3.42. The van der Waals surface area contributed by atoms with Crippen LogP contribution < -0.4 is 0 Å². The largest absolute Gasteiger partial charge is 0.416 e. The third-order valence-electron chi connectivity index (χ3n) is 2.96. The molecular formula is C12H10BrF6N. The summed E-state index contributed by atoms with van der Waals surface area (Å²) in [7, 11) is 0. The number of halogens is 7. The molecule has 0 fully saturated rings. The first-order valence-electron chi connectivity index (χ1n) is 6.19. The zero-order valence-electron chi connectivity index (χ0n) is 10.9. The Kier molecular flexibility index (Phi) is 3.70. The molecule has 0 aliphatic carbocycles. The van der Waals surface area contributed by atoms with Gasteiger partial charge in [-0.2, -0.15) is 26.3 Å². The van der Waals surface area contributed by atoms with Crippen LogP contribution in [-0.2, 0) is 19.1 Å². The van der Waals surface area contributed by atoms with Crippen LogP contribution in [0, 0.1) is 0 Å². The van der Waals surface area contributed by atoms with Gasteiger partial charge in [-0.3, -0.25) is 4.90 Å². The van der Waals surface area contributed by atoms with Gasteiger partial charge in [-0.25, -0.2) is 0 Å². The van der Waals surface area contributed by atoms with E-state index in [0.717, 1.165) is 11.0 Å². The fourth-order valence-electron chi connectivity index (χ4n) is 2.25. The minimum Gasteiger partial charge on any atom is -0.290 e. The van der Waals surface area contributed by atoms with Crippen molar-refractivity contribution in [2.45, 2.75) is 25.3 Å². The molecular weight excluding hydrogens is 352 g/mol. The number of hydrogen-bond acceptors (Lipinski definition) is 1. The Hall–Kier alpha value is -0.760. The maximum atomic E-state index is 12.9. The van der Waals surface area contributed by atoms with Crippen molar-refractivity contribution in [2.24, 2.45) is 0 Å². The van der Waals surface area contributed by atoms with Crippen LogP contribution >= 0.6 is 15.9 Å². The number of benzene rings is 1. The van der Waals surface area contributed by atoms with E-state index in [9.17, 15) is 26.3 Å². The molecule has 2 rings (SSSR count). The Morgan fingerprint density at radius 3 is 2.40 bits per heavy atom. The van der Waals surface area contributed by atoms with Gasteiger partial charge in [0, 0.05) is 17.6 Å². The lowest BCUT2D eigenvalue weighted by atomic mass is 9.94. The van der Waals surface area contributed by atoms with Crippen LogP contribution in [0.15, 0.2) is 16.6 Å². The van der Waals surface area contributed by atoms with Crippen molar-refractivity contribution in [1.29, 1.82) is 0 Å². The maximum absolute atomic E-state index is 12.9. The molecule has 1 unspecified atom stereocenters. The van der Waals surface area contributed by atoms with Gasteiger partial charge in [0.25, 0.3) is 0 Å². The third kappa shape index (κ3) is 3.66. The van der Waals surface area contributed by atoms with Crippen molar-refractivity contribution in [2.75, 3.05) is 13.1 Å². The van der Waals surface area contributed by atoms with Crippen molar-refractivity contribution in [1.82, 2.24) is 4.90 Å². The summed E-state index contributed by atoms with van der Waals surface area (Å²) in [5.74, 6) is 0. The number of alkyl halides is 6. The molecule has 0 radical (unpaired) electrons. The summed E-state index contributed by atoms with van der Waals surface area (Å²) < 4.78 is 83.8. The Morgan fingerprint density at radius 1 is 1.20 bits per heavy atom. The average molecular weight is 363 g/mol. The van der Waals surface area contributed by atoms with Gasteiger partial charge < -0.3 is 0 Å². The Morgan fingerprint density at radius 2 is 1.85 bits per heavy atom. The van der Waals surface area contributed by atoms with Crippen LogP contribution in [0.25, 0.3) is 0 Å². The van der Waals surface area contributed by atoms with Crippen LogP contribution in [0.5, 0.6) is 0 Å². The molecule has 20 heavy (non-hydrogen) atoms. The highest BCUT2D eigenvalue weighted by atomic mass is 79.9. The maximum Gasteiger partial charge on any atom is 0.416 e. The smallest absolute Gasteiger partial charge is 0.290 e. The molecule has 1 nitrogen and oxygen atoms in total. The predicted octanol–water partition coefficient (Wildman–Crippen LogP) is 4.39. The van der Waals surface area contributed by atoms with Crippen LogP contribution in [0.2, 0.25) is 0 Å². The van der Waals surface area contributed by atoms with Crippen molar-refractivity contribution in [3.05, 3.63) is 33.3 Å². The van der Waals surface area contributed by atoms with Gasteiger partial charge >= 0.3 is 12.4 Å². The average Bonchev–Trinajstić information content (AvgIpc) is 2.33. The number of fused-ring (bicyclic) bond motifs is 1. The summed E-state index contributed by atoms with van der Waals surface area (Å²) in [5.41, 5.74) is -0.652. The summed E-state index contributed by atoms with van der Waals surface area (Å²) in [6, 6.07) is 2.30. The zero-order valence-corrected chi connectivity index (χ0v) is 11.5. The molecule has 1 heterocycles. The van der Waals surface area contributed by atoms with Crippen molar-refractivity contribution >= 4 is 15.9 Å². The van der Waals surface area contributed by atoms with E-state index in [1.807, 2.05) is 0 Å². The first-order chi connectivity index (χ1) is 9.50. The lowest BCUT2D eigenvalue weighted by molar-refractivity contribution is -0.149. The zero-order chi connectivity index (χ0) is 16.0. The molecule has 0 N–H and O–H groups in total. The quantitative estimate of drug-likeness (QED) is 0.669. The molecule has 1 aliphatic heterocycles. The molecule has 0 aromatic heterocycles. The molecule has 1 atom stereocenters. The summed E-state index contributed by atoms with van der Waals surface area (Å²) in [6.45, 7) is -2.99. The minimum atomic E-state index is -4.73. The molecule has 1 aliphatic rings. The first-order valence-corrected chi connectivity index (χ1v) is 6.41. The van der Waals surface area contributed by atoms with E-state index in [2.05, 4.69) is 15.9 Å². The SMILES string of the molecule is [2H]C(N1CCc2c(cc(Br)cc2C(F)(F)F)C1)C(F)(F)F. The van der Waals surface area contributed by atoms with E-state index in [0.29, 0.717) is 0 Å². The number of rotatable bonds is 1. The van der Waals surface area contributed by atoms with E-state index < -0.39 is 24.4 Å². The van der Waals surface area contributed by atoms with Gasteiger partial charge in [0.2, 0.25) is 0 Å². The summed E-state index contributed by atoms with van der Waals surface area (Å²) in [4.78, 5) is 0.814. The van der Waals surface area contributed by atoms with Gasteiger partial charge in [-0.15, -0.1) is 0 Å². The molecule has 0 amide bonds. The Balaban J connectivity index is 2.36. The second kappa shape index (κ2) is 5.22. The van der Waals surface area contributed by atoms with Gasteiger partial charge in [0.15, 0.2) is 0 Å². The monoisotopic (exact) mass is 362 g/mol. The lowest BCUT2D eigenvalue weighted by Gasteiger charge is -2.31. The fourth-order valence-corrected chi connectivity index (χ4v) is 2.76. The van der Waals surface area contributed by atoms with E-state index >= 15 is 0 Å². The minimum absolute atomic E-state index is 0.0105. The summed E-state index contributed by atoms with van der Waals surface area (Å²) in [6.07, 6.45) is -9.44. The standard InChI is InChI=1S/C12H10BrF6N/c13-8-3-7-5-20(6-11(14,15)16)2-1-9(7)10(4-8)12(17,18)19/h3-4H,1-2,5-6H2/i6D. The van der Waals surface area contributed by atoms with Crippen LogP contribution in [0.4, 0.5) is 26.3 Å². The Bertz CT molecular complexity index is 542. The van der Waals surface area contributed by atoms with Crippen molar-refractivity contribution < 1.29 is 27.7 Å². The Labute approximate surface area is 121 Å². The van der Waals surface area contributed by atoms with E-state index in [1.54, 1.807) is 0 Å². The fraction of sp³-hybridized carbons (Fsp3) is 0.500. The second-order valence-electron chi connectivity index (χ2n) is 4.48. The summed E-state index contributed by atoms with van der Waals surface area (Å²) in [5, 5.41) is 0. The highest BCUT2D eigenvalue weighted by Gasteiger charge is 2.37. The normalized spacial score (nSPS) is 19.4. The molecule has 1 aromatic rings. The molecule has 0 bridgehead atoms. The highest BCUT2D eigenvalue weighted by Crippen LogP contribution is 2.38. The van der Waals surface area contributed by atoms with Gasteiger partial charge in [-0.05, 0) is 29.7 Å². The molecule has 0 saturated carbocycles. The van der Waals surface area contributed by atoms with Crippen LogP contribution in [0.3, 0.4) is 0 Å². The molecule has 0 spiro atoms. The lowest BCUT2D eigenvalue weighted by Crippen LogP contribution is -2.38. The molecule has 0 saturated heterocycles. The topological polar surface area (TPSA) is 3.24 Å². The summed E-state index contributed by atoms with van der Waals surface area (Å²) >= 11 is 2.94. The van der Waals surface area contributed by atoms with E-state index in [4.69, 9.17) is 1.37 Å². The predicted molar refractivity (Wildman–Crippen MR) is 64.2 cm³/mol. The molecule has 1 aromatic carbocycles. The van der Waals surface area contributed by atoms with Crippen LogP contribution in [-0.4, -0.2) is 24.1 Å². The van der Waals surface area contributed by atoms with Crippen molar-refractivity contribution in [3.63, 3.8) is 0 Å². The van der Waals surface area contributed by atoms with Crippen LogP contribution in [0.1, 0.15) is 18.1 Å². The molecule has 8 heteroatoms. The number of nitrogens with zero attached hydrogens (tertiary/aromatic N) is 1. The highest BCUT2D eigenvalue weighted by molar-refractivity contribution is 9.10. The first kappa shape index (κ1) is 14.2. The molecule has 112 valence electrons. The number of hydrogen-bond donors (Lipinski definition) is 0.